The third-order valence-electron chi connectivity index (χ3n) is 4.24. The molecule has 31 heavy (non-hydrogen) atoms. The van der Waals surface area contributed by atoms with Crippen molar-refractivity contribution in [2.45, 2.75) is 11.8 Å². The predicted molar refractivity (Wildman–Crippen MR) is 121 cm³/mol. The predicted octanol–water partition coefficient (Wildman–Crippen LogP) is 4.80. The highest BCUT2D eigenvalue weighted by molar-refractivity contribution is 7.92. The number of amides is 1. The molecule has 0 bridgehead atoms. The molecule has 3 aromatic carbocycles. The van der Waals surface area contributed by atoms with E-state index in [-0.39, 0.29) is 27.0 Å². The average molecular weight is 461 g/mol. The summed E-state index contributed by atoms with van der Waals surface area (Å²) in [6.07, 6.45) is 0. The van der Waals surface area contributed by atoms with Gasteiger partial charge in [0.1, 0.15) is 16.4 Å². The molecule has 0 radical (unpaired) electrons. The number of halogens is 1. The molecule has 2 N–H and O–H groups in total. The molecule has 0 aromatic heterocycles. The third kappa shape index (κ3) is 5.48. The number of anilines is 2. The highest BCUT2D eigenvalue weighted by atomic mass is 35.5. The van der Waals surface area contributed by atoms with Crippen molar-refractivity contribution < 1.29 is 22.7 Å². The lowest BCUT2D eigenvalue weighted by Gasteiger charge is -2.14. The summed E-state index contributed by atoms with van der Waals surface area (Å²) >= 11 is 6.07. The van der Waals surface area contributed by atoms with Crippen LogP contribution in [-0.4, -0.2) is 28.0 Å². The van der Waals surface area contributed by atoms with Gasteiger partial charge in [-0.15, -0.1) is 0 Å². The van der Waals surface area contributed by atoms with E-state index >= 15 is 0 Å². The van der Waals surface area contributed by atoms with Crippen LogP contribution in [0.2, 0.25) is 5.02 Å². The molecule has 9 heteroatoms. The van der Waals surface area contributed by atoms with Crippen LogP contribution in [0, 0.1) is 0 Å². The molecule has 0 atom stereocenters. The Balaban J connectivity index is 1.89. The lowest BCUT2D eigenvalue weighted by atomic mass is 10.2. The number of carbonyl (C=O) groups is 1. The van der Waals surface area contributed by atoms with E-state index in [1.165, 1.54) is 19.2 Å². The number of carbonyl (C=O) groups excluding carboxylic acids is 1. The first kappa shape index (κ1) is 22.5. The van der Waals surface area contributed by atoms with Crippen LogP contribution in [0.5, 0.6) is 11.5 Å². The number of sulfonamides is 1. The van der Waals surface area contributed by atoms with E-state index in [0.717, 1.165) is 0 Å². The van der Waals surface area contributed by atoms with Gasteiger partial charge in [-0.25, -0.2) is 8.42 Å². The molecule has 0 spiro atoms. The molecule has 0 aliphatic rings. The zero-order chi connectivity index (χ0) is 22.4. The van der Waals surface area contributed by atoms with Crippen LogP contribution in [0.4, 0.5) is 11.4 Å². The fraction of sp³-hybridized carbons (Fsp3) is 0.136. The van der Waals surface area contributed by atoms with Crippen molar-refractivity contribution in [1.82, 2.24) is 0 Å². The second-order valence-corrected chi connectivity index (χ2v) is 8.42. The molecule has 1 amide bonds. The Bertz CT molecular complexity index is 1200. The third-order valence-corrected chi connectivity index (χ3v) is 5.95. The fourth-order valence-corrected chi connectivity index (χ4v) is 4.32. The highest BCUT2D eigenvalue weighted by Crippen LogP contribution is 2.31. The van der Waals surface area contributed by atoms with Crippen LogP contribution in [0.3, 0.4) is 0 Å². The largest absolute Gasteiger partial charge is 0.495 e. The molecule has 0 saturated heterocycles. The summed E-state index contributed by atoms with van der Waals surface area (Å²) in [7, 11) is -2.68. The van der Waals surface area contributed by atoms with Gasteiger partial charge < -0.3 is 14.8 Å². The molecule has 0 heterocycles. The van der Waals surface area contributed by atoms with E-state index in [2.05, 4.69) is 10.0 Å². The minimum atomic E-state index is -4.05. The molecule has 162 valence electrons. The van der Waals surface area contributed by atoms with Crippen LogP contribution in [0.1, 0.15) is 17.3 Å². The Labute approximate surface area is 186 Å². The first-order valence-electron chi connectivity index (χ1n) is 9.33. The number of hydrogen-bond acceptors (Lipinski definition) is 5. The standard InChI is InChI=1S/C22H21ClN2O5S/c1-3-30-17-8-6-7-15(13-17)22(26)24-16-11-12-20(29-2)21(14-16)31(27,28)25-19-10-5-4-9-18(19)23/h4-14,25H,3H2,1-2H3,(H,24,26). The molecule has 0 aliphatic heterocycles. The fourth-order valence-electron chi connectivity index (χ4n) is 2.81. The van der Waals surface area contributed by atoms with E-state index < -0.39 is 15.9 Å². The van der Waals surface area contributed by atoms with Gasteiger partial charge in [0, 0.05) is 11.3 Å². The number of rotatable bonds is 8. The molecule has 0 saturated carbocycles. The van der Waals surface area contributed by atoms with Gasteiger partial charge in [-0.1, -0.05) is 29.8 Å². The van der Waals surface area contributed by atoms with Crippen molar-refractivity contribution >= 4 is 38.9 Å². The molecule has 0 unspecified atom stereocenters. The average Bonchev–Trinajstić information content (AvgIpc) is 2.75. The number of methoxy groups -OCH3 is 1. The maximum absolute atomic E-state index is 13.0. The molecule has 3 aromatic rings. The summed E-state index contributed by atoms with van der Waals surface area (Å²) in [5.41, 5.74) is 0.890. The Kier molecular flexibility index (Phi) is 7.04. The normalized spacial score (nSPS) is 10.9. The lowest BCUT2D eigenvalue weighted by molar-refractivity contribution is 0.102. The van der Waals surface area contributed by atoms with E-state index in [1.54, 1.807) is 54.6 Å². The Morgan fingerprint density at radius 2 is 1.81 bits per heavy atom. The lowest BCUT2D eigenvalue weighted by Crippen LogP contribution is -2.16. The van der Waals surface area contributed by atoms with E-state index in [1.807, 2.05) is 6.92 Å². The van der Waals surface area contributed by atoms with Gasteiger partial charge >= 0.3 is 0 Å². The Morgan fingerprint density at radius 1 is 1.03 bits per heavy atom. The van der Waals surface area contributed by atoms with E-state index in [0.29, 0.717) is 17.9 Å². The molecule has 0 aliphatic carbocycles. The van der Waals surface area contributed by atoms with Crippen molar-refractivity contribution in [3.63, 3.8) is 0 Å². The maximum Gasteiger partial charge on any atom is 0.265 e. The molecule has 3 rings (SSSR count). The van der Waals surface area contributed by atoms with Crippen molar-refractivity contribution in [3.8, 4) is 11.5 Å². The first-order chi connectivity index (χ1) is 14.8. The van der Waals surface area contributed by atoms with Crippen molar-refractivity contribution in [1.29, 1.82) is 0 Å². The van der Waals surface area contributed by atoms with Crippen LogP contribution in [0.15, 0.2) is 71.6 Å². The molecule has 7 nitrogen and oxygen atoms in total. The molecular formula is C22H21ClN2O5S. The van der Waals surface area contributed by atoms with Crippen LogP contribution in [0.25, 0.3) is 0 Å². The zero-order valence-corrected chi connectivity index (χ0v) is 18.5. The van der Waals surface area contributed by atoms with Crippen LogP contribution < -0.4 is 19.5 Å². The monoisotopic (exact) mass is 460 g/mol. The van der Waals surface area contributed by atoms with Gasteiger partial charge in [0.05, 0.1) is 24.4 Å². The van der Waals surface area contributed by atoms with Gasteiger partial charge in [0.25, 0.3) is 15.9 Å². The number of ether oxygens (including phenoxy) is 2. The molecular weight excluding hydrogens is 440 g/mol. The first-order valence-corrected chi connectivity index (χ1v) is 11.2. The quantitative estimate of drug-likeness (QED) is 0.503. The topological polar surface area (TPSA) is 93.7 Å². The Morgan fingerprint density at radius 3 is 2.52 bits per heavy atom. The second-order valence-electron chi connectivity index (χ2n) is 6.37. The second kappa shape index (κ2) is 9.72. The van der Waals surface area contributed by atoms with Crippen molar-refractivity contribution in [2.24, 2.45) is 0 Å². The number of nitrogens with one attached hydrogen (secondary N) is 2. The zero-order valence-electron chi connectivity index (χ0n) is 16.9. The van der Waals surface area contributed by atoms with Crippen LogP contribution >= 0.6 is 11.6 Å². The summed E-state index contributed by atoms with van der Waals surface area (Å²) < 4.78 is 39.0. The maximum atomic E-state index is 13.0. The smallest absolute Gasteiger partial charge is 0.265 e. The number of para-hydroxylation sites is 1. The summed E-state index contributed by atoms with van der Waals surface area (Å²) in [5, 5.41) is 2.95. The van der Waals surface area contributed by atoms with E-state index in [4.69, 9.17) is 21.1 Å². The van der Waals surface area contributed by atoms with Gasteiger partial charge in [-0.05, 0) is 55.5 Å². The number of benzene rings is 3. The van der Waals surface area contributed by atoms with E-state index in [9.17, 15) is 13.2 Å². The van der Waals surface area contributed by atoms with Crippen molar-refractivity contribution in [3.05, 3.63) is 77.3 Å². The van der Waals surface area contributed by atoms with Crippen LogP contribution in [-0.2, 0) is 10.0 Å². The van der Waals surface area contributed by atoms with Gasteiger partial charge in [0.2, 0.25) is 0 Å². The summed E-state index contributed by atoms with van der Waals surface area (Å²) in [5.74, 6) is 0.280. The van der Waals surface area contributed by atoms with Gasteiger partial charge in [-0.3, -0.25) is 9.52 Å². The van der Waals surface area contributed by atoms with Gasteiger partial charge in [0.15, 0.2) is 0 Å². The Hall–Kier alpha value is -3.23. The summed E-state index contributed by atoms with van der Waals surface area (Å²) in [6.45, 7) is 2.33. The minimum Gasteiger partial charge on any atom is -0.495 e. The van der Waals surface area contributed by atoms with Gasteiger partial charge in [-0.2, -0.15) is 0 Å². The summed E-state index contributed by atoms with van der Waals surface area (Å²) in [6, 6.07) is 17.5. The SMILES string of the molecule is CCOc1cccc(C(=O)Nc2ccc(OC)c(S(=O)(=O)Nc3ccccc3Cl)c2)c1. The molecule has 0 fully saturated rings. The number of hydrogen-bond donors (Lipinski definition) is 2. The summed E-state index contributed by atoms with van der Waals surface area (Å²) in [4.78, 5) is 12.5. The highest BCUT2D eigenvalue weighted by Gasteiger charge is 2.22. The van der Waals surface area contributed by atoms with Crippen molar-refractivity contribution in [2.75, 3.05) is 23.8 Å². The minimum absolute atomic E-state index is 0.121.